The van der Waals surface area contributed by atoms with Crippen molar-refractivity contribution in [1.29, 1.82) is 0 Å². The molecule has 0 saturated carbocycles. The zero-order valence-corrected chi connectivity index (χ0v) is 15.4. The molecule has 1 unspecified atom stereocenters. The van der Waals surface area contributed by atoms with Crippen LogP contribution in [0.2, 0.25) is 0 Å². The molecular formula is C22H24FNO3. The summed E-state index contributed by atoms with van der Waals surface area (Å²) in [7, 11) is 0. The van der Waals surface area contributed by atoms with E-state index in [2.05, 4.69) is 0 Å². The summed E-state index contributed by atoms with van der Waals surface area (Å²) in [5, 5.41) is 9.86. The number of rotatable bonds is 5. The van der Waals surface area contributed by atoms with Gasteiger partial charge in [-0.15, -0.1) is 0 Å². The number of carbonyl (C=O) groups is 2. The van der Waals surface area contributed by atoms with Gasteiger partial charge in [0, 0.05) is 19.0 Å². The minimum Gasteiger partial charge on any atom is -0.481 e. The lowest BCUT2D eigenvalue weighted by Gasteiger charge is -2.40. The van der Waals surface area contributed by atoms with Gasteiger partial charge in [0.15, 0.2) is 0 Å². The van der Waals surface area contributed by atoms with Crippen molar-refractivity contribution in [2.24, 2.45) is 5.92 Å². The Hall–Kier alpha value is -2.69. The number of halogens is 1. The average molecular weight is 369 g/mol. The Bertz CT molecular complexity index is 813. The quantitative estimate of drug-likeness (QED) is 0.875. The minimum atomic E-state index is -0.941. The molecular weight excluding hydrogens is 345 g/mol. The fraction of sp³-hybridized carbons (Fsp3) is 0.364. The third-order valence-electron chi connectivity index (χ3n) is 5.52. The number of nitrogens with zero attached hydrogens (tertiary/aromatic N) is 1. The highest BCUT2D eigenvalue weighted by Gasteiger charge is 2.44. The van der Waals surface area contributed by atoms with Gasteiger partial charge in [-0.25, -0.2) is 4.39 Å². The number of hydrogen-bond acceptors (Lipinski definition) is 2. The molecule has 0 radical (unpaired) electrons. The largest absolute Gasteiger partial charge is 0.481 e. The molecule has 1 fully saturated rings. The highest BCUT2D eigenvalue weighted by atomic mass is 19.1. The molecule has 2 aromatic carbocycles. The summed E-state index contributed by atoms with van der Waals surface area (Å²) in [4.78, 5) is 26.6. The lowest BCUT2D eigenvalue weighted by atomic mass is 9.72. The van der Waals surface area contributed by atoms with Crippen molar-refractivity contribution in [1.82, 2.24) is 4.90 Å². The van der Waals surface area contributed by atoms with Crippen LogP contribution in [0.15, 0.2) is 54.6 Å². The summed E-state index contributed by atoms with van der Waals surface area (Å²) in [6.07, 6.45) is 1.26. The molecule has 1 heterocycles. The molecule has 0 aromatic heterocycles. The third kappa shape index (κ3) is 4.02. The second-order valence-corrected chi connectivity index (χ2v) is 7.31. The number of carboxylic acids is 1. The predicted octanol–water partition coefficient (Wildman–Crippen LogP) is 3.65. The van der Waals surface area contributed by atoms with Crippen LogP contribution in [0.25, 0.3) is 0 Å². The smallest absolute Gasteiger partial charge is 0.314 e. The van der Waals surface area contributed by atoms with Crippen LogP contribution in [-0.2, 0) is 21.4 Å². The van der Waals surface area contributed by atoms with Gasteiger partial charge in [-0.1, -0.05) is 49.4 Å². The van der Waals surface area contributed by atoms with E-state index < -0.39 is 11.4 Å². The Labute approximate surface area is 158 Å². The molecule has 5 heteroatoms. The molecule has 0 spiro atoms. The van der Waals surface area contributed by atoms with Crippen LogP contribution in [0.3, 0.4) is 0 Å². The molecule has 4 nitrogen and oxygen atoms in total. The van der Waals surface area contributed by atoms with Gasteiger partial charge >= 0.3 is 5.97 Å². The first-order chi connectivity index (χ1) is 12.9. The summed E-state index contributed by atoms with van der Waals surface area (Å²) < 4.78 is 13.3. The van der Waals surface area contributed by atoms with Crippen LogP contribution in [0.1, 0.15) is 30.9 Å². The SMILES string of the molecule is CC(Cc1cccc(F)c1)C(=O)N1CCC(C(=O)O)(c2ccccc2)CC1. The average Bonchev–Trinajstić information content (AvgIpc) is 2.68. The predicted molar refractivity (Wildman–Crippen MR) is 101 cm³/mol. The number of piperidine rings is 1. The molecule has 2 aromatic rings. The van der Waals surface area contributed by atoms with Crippen molar-refractivity contribution in [2.75, 3.05) is 13.1 Å². The highest BCUT2D eigenvalue weighted by Crippen LogP contribution is 2.36. The van der Waals surface area contributed by atoms with Crippen molar-refractivity contribution in [3.8, 4) is 0 Å². The number of benzene rings is 2. The van der Waals surface area contributed by atoms with E-state index in [1.54, 1.807) is 11.0 Å². The van der Waals surface area contributed by atoms with E-state index in [4.69, 9.17) is 0 Å². The minimum absolute atomic E-state index is 0.00804. The molecule has 3 rings (SSSR count). The molecule has 27 heavy (non-hydrogen) atoms. The summed E-state index contributed by atoms with van der Waals surface area (Å²) in [6.45, 7) is 2.66. The Balaban J connectivity index is 1.67. The van der Waals surface area contributed by atoms with E-state index in [0.29, 0.717) is 32.4 Å². The van der Waals surface area contributed by atoms with Gasteiger partial charge in [-0.3, -0.25) is 9.59 Å². The Morgan fingerprint density at radius 1 is 1.11 bits per heavy atom. The maximum Gasteiger partial charge on any atom is 0.314 e. The molecule has 1 aliphatic rings. The maximum absolute atomic E-state index is 13.3. The van der Waals surface area contributed by atoms with Gasteiger partial charge in [0.2, 0.25) is 5.91 Å². The summed E-state index contributed by atoms with van der Waals surface area (Å²) in [5.74, 6) is -1.43. The standard InChI is InChI=1S/C22H24FNO3/c1-16(14-17-6-5-9-19(23)15-17)20(25)24-12-10-22(11-13-24,21(26)27)18-7-3-2-4-8-18/h2-9,15-16H,10-14H2,1H3,(H,26,27). The van der Waals surface area contributed by atoms with Crippen LogP contribution in [-0.4, -0.2) is 35.0 Å². The van der Waals surface area contributed by atoms with E-state index in [9.17, 15) is 19.1 Å². The fourth-order valence-electron chi connectivity index (χ4n) is 3.91. The van der Waals surface area contributed by atoms with Gasteiger partial charge in [0.1, 0.15) is 5.82 Å². The Morgan fingerprint density at radius 2 is 1.78 bits per heavy atom. The molecule has 0 bridgehead atoms. The molecule has 1 aliphatic heterocycles. The number of hydrogen-bond donors (Lipinski definition) is 1. The first-order valence-corrected chi connectivity index (χ1v) is 9.24. The molecule has 1 amide bonds. The van der Waals surface area contributed by atoms with Gasteiger partial charge in [-0.2, -0.15) is 0 Å². The summed E-state index contributed by atoms with van der Waals surface area (Å²) >= 11 is 0. The Morgan fingerprint density at radius 3 is 2.37 bits per heavy atom. The number of aliphatic carboxylic acids is 1. The van der Waals surface area contributed by atoms with Gasteiger partial charge in [0.25, 0.3) is 0 Å². The monoisotopic (exact) mass is 369 g/mol. The molecule has 1 saturated heterocycles. The van der Waals surface area contributed by atoms with Crippen LogP contribution >= 0.6 is 0 Å². The van der Waals surface area contributed by atoms with E-state index in [1.807, 2.05) is 43.3 Å². The normalized spacial score (nSPS) is 17.3. The lowest BCUT2D eigenvalue weighted by Crippen LogP contribution is -2.50. The van der Waals surface area contributed by atoms with E-state index >= 15 is 0 Å². The topological polar surface area (TPSA) is 57.6 Å². The number of amides is 1. The van der Waals surface area contributed by atoms with Crippen LogP contribution in [0.5, 0.6) is 0 Å². The number of carboxylic acid groups (broad SMARTS) is 1. The van der Waals surface area contributed by atoms with E-state index in [1.165, 1.54) is 12.1 Å². The van der Waals surface area contributed by atoms with Gasteiger partial charge in [0.05, 0.1) is 5.41 Å². The van der Waals surface area contributed by atoms with Crippen LogP contribution in [0.4, 0.5) is 4.39 Å². The fourth-order valence-corrected chi connectivity index (χ4v) is 3.91. The van der Waals surface area contributed by atoms with Crippen molar-refractivity contribution in [2.45, 2.75) is 31.6 Å². The Kier molecular flexibility index (Phi) is 5.59. The first kappa shape index (κ1) is 19.1. The van der Waals surface area contributed by atoms with Gasteiger partial charge in [-0.05, 0) is 42.5 Å². The number of likely N-dealkylation sites (tertiary alicyclic amines) is 1. The van der Waals surface area contributed by atoms with Crippen LogP contribution in [0, 0.1) is 11.7 Å². The summed E-state index contributed by atoms with van der Waals surface area (Å²) in [5.41, 5.74) is 0.638. The third-order valence-corrected chi connectivity index (χ3v) is 5.52. The van der Waals surface area contributed by atoms with Crippen molar-refractivity contribution >= 4 is 11.9 Å². The van der Waals surface area contributed by atoms with Crippen LogP contribution < -0.4 is 0 Å². The van der Waals surface area contributed by atoms with Crippen molar-refractivity contribution < 1.29 is 19.1 Å². The first-order valence-electron chi connectivity index (χ1n) is 9.24. The number of carbonyl (C=O) groups excluding carboxylic acids is 1. The molecule has 1 atom stereocenters. The molecule has 0 aliphatic carbocycles. The molecule has 1 N–H and O–H groups in total. The van der Waals surface area contributed by atoms with Crippen molar-refractivity contribution in [3.05, 3.63) is 71.5 Å². The zero-order chi connectivity index (χ0) is 19.4. The molecule has 142 valence electrons. The maximum atomic E-state index is 13.3. The summed E-state index contributed by atoms with van der Waals surface area (Å²) in [6, 6.07) is 15.5. The second kappa shape index (κ2) is 7.91. The van der Waals surface area contributed by atoms with E-state index in [-0.39, 0.29) is 17.6 Å². The van der Waals surface area contributed by atoms with Crippen molar-refractivity contribution in [3.63, 3.8) is 0 Å². The highest BCUT2D eigenvalue weighted by molar-refractivity contribution is 5.83. The van der Waals surface area contributed by atoms with Gasteiger partial charge < -0.3 is 10.0 Å². The lowest BCUT2D eigenvalue weighted by molar-refractivity contribution is -0.149. The van der Waals surface area contributed by atoms with E-state index in [0.717, 1.165) is 11.1 Å². The zero-order valence-electron chi connectivity index (χ0n) is 15.4. The second-order valence-electron chi connectivity index (χ2n) is 7.31.